The molecule has 1 N–H and O–H groups in total. The topological polar surface area (TPSA) is 15.3 Å². The zero-order chi connectivity index (χ0) is 12.1. The summed E-state index contributed by atoms with van der Waals surface area (Å²) >= 11 is 0. The van der Waals surface area contributed by atoms with Gasteiger partial charge in [-0.1, -0.05) is 26.7 Å². The van der Waals surface area contributed by atoms with Crippen LogP contribution in [0.4, 0.5) is 0 Å². The van der Waals surface area contributed by atoms with Gasteiger partial charge in [0.05, 0.1) is 0 Å². The van der Waals surface area contributed by atoms with Gasteiger partial charge in [-0.05, 0) is 50.6 Å². The summed E-state index contributed by atoms with van der Waals surface area (Å²) in [5.41, 5.74) is 0. The zero-order valence-corrected chi connectivity index (χ0v) is 11.8. The Labute approximate surface area is 107 Å². The van der Waals surface area contributed by atoms with Crippen LogP contribution in [0.1, 0.15) is 52.4 Å². The van der Waals surface area contributed by atoms with E-state index < -0.39 is 0 Å². The van der Waals surface area contributed by atoms with E-state index in [0.717, 1.165) is 24.4 Å². The predicted molar refractivity (Wildman–Crippen MR) is 74.3 cm³/mol. The molecular weight excluding hydrogens is 208 g/mol. The molecule has 0 aromatic rings. The van der Waals surface area contributed by atoms with Gasteiger partial charge in [0.25, 0.3) is 0 Å². The van der Waals surface area contributed by atoms with Crippen molar-refractivity contribution in [3.63, 3.8) is 0 Å². The minimum atomic E-state index is 0.760. The normalized spacial score (nSPS) is 36.0. The summed E-state index contributed by atoms with van der Waals surface area (Å²) in [7, 11) is 0. The van der Waals surface area contributed by atoms with Crippen LogP contribution < -0.4 is 5.32 Å². The quantitative estimate of drug-likeness (QED) is 0.810. The molecule has 2 rings (SSSR count). The number of likely N-dealkylation sites (N-methyl/N-ethyl adjacent to an activating group) is 1. The predicted octanol–water partition coefficient (Wildman–Crippen LogP) is 2.89. The number of nitrogens with one attached hydrogen (secondary N) is 1. The van der Waals surface area contributed by atoms with Crippen molar-refractivity contribution in [1.29, 1.82) is 0 Å². The lowest BCUT2D eigenvalue weighted by atomic mass is 9.82. The Balaban J connectivity index is 1.71. The van der Waals surface area contributed by atoms with E-state index in [1.54, 1.807) is 0 Å². The number of nitrogens with zero attached hydrogens (tertiary/aromatic N) is 1. The first kappa shape index (κ1) is 13.4. The van der Waals surface area contributed by atoms with E-state index in [1.165, 1.54) is 58.2 Å². The fourth-order valence-electron chi connectivity index (χ4n) is 3.55. The number of piperidine rings is 1. The van der Waals surface area contributed by atoms with Crippen molar-refractivity contribution in [3.05, 3.63) is 0 Å². The van der Waals surface area contributed by atoms with Gasteiger partial charge in [-0.15, -0.1) is 0 Å². The number of hydrogen-bond acceptors (Lipinski definition) is 2. The molecular formula is C15H30N2. The van der Waals surface area contributed by atoms with Gasteiger partial charge >= 0.3 is 0 Å². The molecule has 2 fully saturated rings. The van der Waals surface area contributed by atoms with Crippen LogP contribution >= 0.6 is 0 Å². The van der Waals surface area contributed by atoms with E-state index >= 15 is 0 Å². The van der Waals surface area contributed by atoms with Crippen molar-refractivity contribution in [2.75, 3.05) is 26.2 Å². The maximum absolute atomic E-state index is 3.62. The molecule has 0 bridgehead atoms. The van der Waals surface area contributed by atoms with Gasteiger partial charge in [0, 0.05) is 19.1 Å². The minimum Gasteiger partial charge on any atom is -0.313 e. The number of likely N-dealkylation sites (tertiary alicyclic amines) is 1. The Morgan fingerprint density at radius 1 is 1.12 bits per heavy atom. The average molecular weight is 238 g/mol. The monoisotopic (exact) mass is 238 g/mol. The van der Waals surface area contributed by atoms with Gasteiger partial charge < -0.3 is 10.2 Å². The van der Waals surface area contributed by atoms with Gasteiger partial charge in [0.1, 0.15) is 0 Å². The second-order valence-electron chi connectivity index (χ2n) is 6.28. The number of hydrogen-bond donors (Lipinski definition) is 1. The summed E-state index contributed by atoms with van der Waals surface area (Å²) in [5.74, 6) is 1.98. The minimum absolute atomic E-state index is 0.760. The lowest BCUT2D eigenvalue weighted by molar-refractivity contribution is 0.142. The van der Waals surface area contributed by atoms with Crippen LogP contribution in [0.5, 0.6) is 0 Å². The Kier molecular flexibility index (Phi) is 5.30. The molecule has 1 unspecified atom stereocenters. The Morgan fingerprint density at radius 2 is 1.88 bits per heavy atom. The largest absolute Gasteiger partial charge is 0.313 e. The van der Waals surface area contributed by atoms with Crippen LogP contribution in [-0.4, -0.2) is 37.1 Å². The SMILES string of the molecule is CCNC1CCCN(CC2CCC(C)CC2)C1. The molecule has 1 saturated carbocycles. The van der Waals surface area contributed by atoms with Crippen molar-refractivity contribution in [3.8, 4) is 0 Å². The Morgan fingerprint density at radius 3 is 2.59 bits per heavy atom. The summed E-state index contributed by atoms with van der Waals surface area (Å²) in [6.45, 7) is 9.77. The van der Waals surface area contributed by atoms with Gasteiger partial charge in [-0.25, -0.2) is 0 Å². The van der Waals surface area contributed by atoms with Crippen molar-refractivity contribution >= 4 is 0 Å². The molecule has 17 heavy (non-hydrogen) atoms. The summed E-state index contributed by atoms with van der Waals surface area (Å²) in [4.78, 5) is 2.72. The van der Waals surface area contributed by atoms with Crippen molar-refractivity contribution in [2.45, 2.75) is 58.4 Å². The first-order valence-electron chi connectivity index (χ1n) is 7.73. The van der Waals surface area contributed by atoms with Crippen molar-refractivity contribution in [2.24, 2.45) is 11.8 Å². The molecule has 0 aromatic heterocycles. The third-order valence-corrected chi connectivity index (χ3v) is 4.65. The molecule has 1 saturated heterocycles. The van der Waals surface area contributed by atoms with E-state index in [2.05, 4.69) is 24.1 Å². The molecule has 1 aliphatic carbocycles. The molecule has 0 radical (unpaired) electrons. The van der Waals surface area contributed by atoms with Gasteiger partial charge in [-0.2, -0.15) is 0 Å². The second kappa shape index (κ2) is 6.75. The highest BCUT2D eigenvalue weighted by atomic mass is 15.2. The first-order valence-corrected chi connectivity index (χ1v) is 7.73. The maximum Gasteiger partial charge on any atom is 0.0195 e. The third kappa shape index (κ3) is 4.26. The molecule has 0 amide bonds. The van der Waals surface area contributed by atoms with Crippen LogP contribution in [0.25, 0.3) is 0 Å². The maximum atomic E-state index is 3.62. The molecule has 2 heteroatoms. The summed E-state index contributed by atoms with van der Waals surface area (Å²) < 4.78 is 0. The smallest absolute Gasteiger partial charge is 0.0195 e. The van der Waals surface area contributed by atoms with E-state index in [4.69, 9.17) is 0 Å². The standard InChI is InChI=1S/C15H30N2/c1-3-16-15-5-4-10-17(12-15)11-14-8-6-13(2)7-9-14/h13-16H,3-12H2,1-2H3. The van der Waals surface area contributed by atoms with Crippen LogP contribution in [0.2, 0.25) is 0 Å². The van der Waals surface area contributed by atoms with E-state index in [9.17, 15) is 0 Å². The first-order chi connectivity index (χ1) is 8.28. The van der Waals surface area contributed by atoms with Crippen molar-refractivity contribution in [1.82, 2.24) is 10.2 Å². The van der Waals surface area contributed by atoms with Crippen LogP contribution in [0, 0.1) is 11.8 Å². The van der Waals surface area contributed by atoms with Crippen LogP contribution in [0.3, 0.4) is 0 Å². The molecule has 1 aliphatic heterocycles. The van der Waals surface area contributed by atoms with E-state index in [1.807, 2.05) is 0 Å². The molecule has 2 nitrogen and oxygen atoms in total. The van der Waals surface area contributed by atoms with Gasteiger partial charge in [0.15, 0.2) is 0 Å². The van der Waals surface area contributed by atoms with Crippen LogP contribution in [-0.2, 0) is 0 Å². The summed E-state index contributed by atoms with van der Waals surface area (Å²) in [5, 5.41) is 3.62. The lowest BCUT2D eigenvalue weighted by Gasteiger charge is -2.37. The lowest BCUT2D eigenvalue weighted by Crippen LogP contribution is -2.47. The molecule has 1 atom stereocenters. The average Bonchev–Trinajstić information content (AvgIpc) is 2.33. The molecule has 2 aliphatic rings. The highest BCUT2D eigenvalue weighted by Crippen LogP contribution is 2.29. The van der Waals surface area contributed by atoms with E-state index in [-0.39, 0.29) is 0 Å². The van der Waals surface area contributed by atoms with E-state index in [0.29, 0.717) is 0 Å². The second-order valence-corrected chi connectivity index (χ2v) is 6.28. The Bertz CT molecular complexity index is 207. The highest BCUT2D eigenvalue weighted by molar-refractivity contribution is 4.80. The summed E-state index contributed by atoms with van der Waals surface area (Å²) in [6.07, 6.45) is 8.66. The molecule has 100 valence electrons. The zero-order valence-electron chi connectivity index (χ0n) is 11.8. The fourth-order valence-corrected chi connectivity index (χ4v) is 3.55. The molecule has 0 aromatic carbocycles. The van der Waals surface area contributed by atoms with Gasteiger partial charge in [0.2, 0.25) is 0 Å². The highest BCUT2D eigenvalue weighted by Gasteiger charge is 2.24. The van der Waals surface area contributed by atoms with Crippen LogP contribution in [0.15, 0.2) is 0 Å². The molecule has 1 heterocycles. The van der Waals surface area contributed by atoms with Crippen molar-refractivity contribution < 1.29 is 0 Å². The summed E-state index contributed by atoms with van der Waals surface area (Å²) in [6, 6.07) is 0.760. The number of rotatable bonds is 4. The molecule has 0 spiro atoms. The van der Waals surface area contributed by atoms with Gasteiger partial charge in [-0.3, -0.25) is 0 Å². The fraction of sp³-hybridized carbons (Fsp3) is 1.00. The Hall–Kier alpha value is -0.0800. The third-order valence-electron chi connectivity index (χ3n) is 4.65.